The van der Waals surface area contributed by atoms with Gasteiger partial charge in [-0.2, -0.15) is 0 Å². The molecule has 0 fully saturated rings. The number of nitrogens with two attached hydrogens (primary N) is 1. The van der Waals surface area contributed by atoms with Gasteiger partial charge < -0.3 is 16.4 Å². The summed E-state index contributed by atoms with van der Waals surface area (Å²) < 4.78 is 0. The summed E-state index contributed by atoms with van der Waals surface area (Å²) in [5, 5.41) is 5.43. The van der Waals surface area contributed by atoms with Crippen LogP contribution in [0.25, 0.3) is 0 Å². The van der Waals surface area contributed by atoms with Gasteiger partial charge in [-0.1, -0.05) is 0 Å². The van der Waals surface area contributed by atoms with Crippen LogP contribution in [0.15, 0.2) is 24.3 Å². The summed E-state index contributed by atoms with van der Waals surface area (Å²) in [5.41, 5.74) is 6.83. The highest BCUT2D eigenvalue weighted by Crippen LogP contribution is 2.09. The first kappa shape index (κ1) is 17.4. The van der Waals surface area contributed by atoms with Crippen LogP contribution < -0.4 is 16.4 Å². The van der Waals surface area contributed by atoms with Gasteiger partial charge in [0, 0.05) is 30.8 Å². The maximum atomic E-state index is 11.7. The SMILES string of the molecule is CC(=O)Nc1ccc(C(=O)NCCC(C)N)cc1.Cl. The highest BCUT2D eigenvalue weighted by atomic mass is 35.5. The molecule has 1 atom stereocenters. The number of nitrogens with one attached hydrogen (secondary N) is 2. The number of benzene rings is 1. The fraction of sp³-hybridized carbons (Fsp3) is 0.385. The molecule has 1 aromatic rings. The van der Waals surface area contributed by atoms with E-state index >= 15 is 0 Å². The quantitative estimate of drug-likeness (QED) is 0.767. The number of carbonyl (C=O) groups is 2. The van der Waals surface area contributed by atoms with Crippen molar-refractivity contribution in [3.05, 3.63) is 29.8 Å². The van der Waals surface area contributed by atoms with Crippen LogP contribution in [0.5, 0.6) is 0 Å². The minimum Gasteiger partial charge on any atom is -0.352 e. The van der Waals surface area contributed by atoms with Gasteiger partial charge in [-0.3, -0.25) is 9.59 Å². The average molecular weight is 286 g/mol. The van der Waals surface area contributed by atoms with Crippen molar-refractivity contribution in [1.29, 1.82) is 0 Å². The maximum Gasteiger partial charge on any atom is 0.251 e. The summed E-state index contributed by atoms with van der Waals surface area (Å²) >= 11 is 0. The molecule has 1 rings (SSSR count). The number of anilines is 1. The van der Waals surface area contributed by atoms with Crippen molar-refractivity contribution in [3.63, 3.8) is 0 Å². The number of rotatable bonds is 5. The van der Waals surface area contributed by atoms with Crippen LogP contribution >= 0.6 is 12.4 Å². The third-order valence-electron chi connectivity index (χ3n) is 2.35. The molecule has 1 unspecified atom stereocenters. The van der Waals surface area contributed by atoms with Gasteiger partial charge in [0.05, 0.1) is 0 Å². The highest BCUT2D eigenvalue weighted by molar-refractivity contribution is 5.95. The molecule has 0 saturated heterocycles. The molecule has 1 aromatic carbocycles. The summed E-state index contributed by atoms with van der Waals surface area (Å²) in [7, 11) is 0. The van der Waals surface area contributed by atoms with E-state index in [4.69, 9.17) is 5.73 Å². The first-order valence-electron chi connectivity index (χ1n) is 5.90. The topological polar surface area (TPSA) is 84.2 Å². The minimum atomic E-state index is -0.135. The van der Waals surface area contributed by atoms with Crippen molar-refractivity contribution < 1.29 is 9.59 Å². The lowest BCUT2D eigenvalue weighted by Gasteiger charge is -2.08. The molecule has 0 saturated carbocycles. The van der Waals surface area contributed by atoms with Crippen LogP contribution in [0.1, 0.15) is 30.6 Å². The Labute approximate surface area is 119 Å². The van der Waals surface area contributed by atoms with Gasteiger partial charge in [-0.05, 0) is 37.6 Å². The molecule has 2 amide bonds. The van der Waals surface area contributed by atoms with Gasteiger partial charge in [0.2, 0.25) is 5.91 Å². The molecule has 106 valence electrons. The number of hydrogen-bond donors (Lipinski definition) is 3. The molecule has 0 bridgehead atoms. The number of carbonyl (C=O) groups excluding carboxylic acids is 2. The van der Waals surface area contributed by atoms with E-state index in [9.17, 15) is 9.59 Å². The Hall–Kier alpha value is -1.59. The zero-order valence-corrected chi connectivity index (χ0v) is 11.9. The molecule has 0 aromatic heterocycles. The Kier molecular flexibility index (Phi) is 7.79. The second-order valence-electron chi connectivity index (χ2n) is 4.28. The van der Waals surface area contributed by atoms with Crippen LogP contribution in [0, 0.1) is 0 Å². The molecule has 0 aliphatic carbocycles. The fourth-order valence-electron chi connectivity index (χ4n) is 1.42. The predicted molar refractivity (Wildman–Crippen MR) is 78.6 cm³/mol. The van der Waals surface area contributed by atoms with Crippen molar-refractivity contribution in [1.82, 2.24) is 5.32 Å². The van der Waals surface area contributed by atoms with E-state index < -0.39 is 0 Å². The molecule has 6 heteroatoms. The molecular formula is C13H20ClN3O2. The Morgan fingerprint density at radius 1 is 1.26 bits per heavy atom. The van der Waals surface area contributed by atoms with Crippen molar-refractivity contribution in [2.45, 2.75) is 26.3 Å². The summed E-state index contributed by atoms with van der Waals surface area (Å²) in [6, 6.07) is 6.82. The number of hydrogen-bond acceptors (Lipinski definition) is 3. The van der Waals surface area contributed by atoms with E-state index in [-0.39, 0.29) is 30.3 Å². The molecule has 0 radical (unpaired) electrons. The van der Waals surface area contributed by atoms with Gasteiger partial charge in [0.15, 0.2) is 0 Å². The van der Waals surface area contributed by atoms with Gasteiger partial charge >= 0.3 is 0 Å². The van der Waals surface area contributed by atoms with E-state index in [0.717, 1.165) is 6.42 Å². The molecule has 19 heavy (non-hydrogen) atoms. The Bertz CT molecular complexity index is 418. The zero-order chi connectivity index (χ0) is 13.5. The van der Waals surface area contributed by atoms with Crippen LogP contribution in [-0.4, -0.2) is 24.4 Å². The van der Waals surface area contributed by atoms with Crippen LogP contribution in [0.4, 0.5) is 5.69 Å². The summed E-state index contributed by atoms with van der Waals surface area (Å²) in [5.74, 6) is -0.269. The zero-order valence-electron chi connectivity index (χ0n) is 11.1. The third-order valence-corrected chi connectivity index (χ3v) is 2.35. The molecule has 0 aliphatic heterocycles. The minimum absolute atomic E-state index is 0. The predicted octanol–water partition coefficient (Wildman–Crippen LogP) is 1.53. The lowest BCUT2D eigenvalue weighted by Crippen LogP contribution is -2.28. The van der Waals surface area contributed by atoms with E-state index in [1.807, 2.05) is 6.92 Å². The Morgan fingerprint density at radius 3 is 2.32 bits per heavy atom. The molecule has 5 nitrogen and oxygen atoms in total. The monoisotopic (exact) mass is 285 g/mol. The van der Waals surface area contributed by atoms with E-state index in [0.29, 0.717) is 17.8 Å². The summed E-state index contributed by atoms with van der Waals surface area (Å²) in [4.78, 5) is 22.6. The lowest BCUT2D eigenvalue weighted by atomic mass is 10.2. The first-order chi connectivity index (χ1) is 8.49. The average Bonchev–Trinajstić information content (AvgIpc) is 2.28. The normalized spacial score (nSPS) is 11.1. The van der Waals surface area contributed by atoms with Gasteiger partial charge in [-0.25, -0.2) is 0 Å². The van der Waals surface area contributed by atoms with Crippen LogP contribution in [0.3, 0.4) is 0 Å². The lowest BCUT2D eigenvalue weighted by molar-refractivity contribution is -0.114. The second kappa shape index (κ2) is 8.50. The molecule has 4 N–H and O–H groups in total. The van der Waals surface area contributed by atoms with E-state index in [1.54, 1.807) is 24.3 Å². The fourth-order valence-corrected chi connectivity index (χ4v) is 1.42. The van der Waals surface area contributed by atoms with Gasteiger partial charge in [0.25, 0.3) is 5.91 Å². The summed E-state index contributed by atoms with van der Waals surface area (Å²) in [6.45, 7) is 3.90. The summed E-state index contributed by atoms with van der Waals surface area (Å²) in [6.07, 6.45) is 0.746. The Balaban J connectivity index is 0.00000324. The molecule has 0 aliphatic rings. The van der Waals surface area contributed by atoms with Crippen LogP contribution in [-0.2, 0) is 4.79 Å². The van der Waals surface area contributed by atoms with Crippen molar-refractivity contribution in [2.24, 2.45) is 5.73 Å². The molecule has 0 spiro atoms. The van der Waals surface area contributed by atoms with Crippen molar-refractivity contribution in [2.75, 3.05) is 11.9 Å². The van der Waals surface area contributed by atoms with E-state index in [2.05, 4.69) is 10.6 Å². The largest absolute Gasteiger partial charge is 0.352 e. The standard InChI is InChI=1S/C13H19N3O2.ClH/c1-9(14)7-8-15-13(18)11-3-5-12(6-4-11)16-10(2)17;/h3-6,9H,7-8,14H2,1-2H3,(H,15,18)(H,16,17);1H. The number of halogens is 1. The first-order valence-corrected chi connectivity index (χ1v) is 5.90. The Morgan fingerprint density at radius 2 is 1.84 bits per heavy atom. The number of amides is 2. The highest BCUT2D eigenvalue weighted by Gasteiger charge is 2.05. The van der Waals surface area contributed by atoms with E-state index in [1.165, 1.54) is 6.92 Å². The van der Waals surface area contributed by atoms with Crippen molar-refractivity contribution in [3.8, 4) is 0 Å². The van der Waals surface area contributed by atoms with Gasteiger partial charge in [0.1, 0.15) is 0 Å². The third kappa shape index (κ3) is 6.79. The second-order valence-corrected chi connectivity index (χ2v) is 4.28. The smallest absolute Gasteiger partial charge is 0.251 e. The molecule has 0 heterocycles. The maximum absolute atomic E-state index is 11.7. The molecular weight excluding hydrogens is 266 g/mol. The van der Waals surface area contributed by atoms with Crippen LogP contribution in [0.2, 0.25) is 0 Å². The van der Waals surface area contributed by atoms with Gasteiger partial charge in [-0.15, -0.1) is 12.4 Å². The van der Waals surface area contributed by atoms with Crippen molar-refractivity contribution >= 4 is 29.9 Å².